The van der Waals surface area contributed by atoms with Crippen molar-refractivity contribution in [2.75, 3.05) is 13.1 Å². The van der Waals surface area contributed by atoms with Gasteiger partial charge >= 0.3 is 0 Å². The maximum atomic E-state index is 12.2. The number of halogens is 1. The molecule has 1 amide bonds. The molecule has 18 heavy (non-hydrogen) atoms. The van der Waals surface area contributed by atoms with Crippen molar-refractivity contribution >= 4 is 17.5 Å². The first-order valence-corrected chi connectivity index (χ1v) is 6.71. The zero-order chi connectivity index (χ0) is 13.5. The van der Waals surface area contributed by atoms with Crippen molar-refractivity contribution in [1.29, 1.82) is 0 Å². The van der Waals surface area contributed by atoms with E-state index in [-0.39, 0.29) is 5.91 Å². The number of hydrogen-bond donors (Lipinski definition) is 0. The largest absolute Gasteiger partial charge is 0.479 e. The normalized spacial score (nSPS) is 12.0. The first kappa shape index (κ1) is 14.8. The lowest BCUT2D eigenvalue weighted by Crippen LogP contribution is -2.41. The fourth-order valence-electron chi connectivity index (χ4n) is 1.74. The van der Waals surface area contributed by atoms with Gasteiger partial charge in [0.15, 0.2) is 6.10 Å². The van der Waals surface area contributed by atoms with Gasteiger partial charge in [0.1, 0.15) is 5.75 Å². The fraction of sp³-hybridized carbons (Fsp3) is 0.500. The van der Waals surface area contributed by atoms with Crippen LogP contribution < -0.4 is 4.74 Å². The SMILES string of the molecule is CC[C@H](Oc1ccccc1Cl)C(=O)N(CC)CC. The van der Waals surface area contributed by atoms with Gasteiger partial charge in [-0.3, -0.25) is 4.79 Å². The zero-order valence-corrected chi connectivity index (χ0v) is 11.9. The molecule has 0 saturated carbocycles. The molecule has 4 heteroatoms. The summed E-state index contributed by atoms with van der Waals surface area (Å²) in [6, 6.07) is 7.21. The van der Waals surface area contributed by atoms with E-state index in [1.165, 1.54) is 0 Å². The lowest BCUT2D eigenvalue weighted by atomic mass is 10.2. The van der Waals surface area contributed by atoms with E-state index < -0.39 is 6.10 Å². The Morgan fingerprint density at radius 2 is 1.89 bits per heavy atom. The lowest BCUT2D eigenvalue weighted by Gasteiger charge is -2.25. The summed E-state index contributed by atoms with van der Waals surface area (Å²) in [6.07, 6.45) is 0.158. The Morgan fingerprint density at radius 1 is 1.28 bits per heavy atom. The number of carbonyl (C=O) groups is 1. The summed E-state index contributed by atoms with van der Waals surface area (Å²) < 4.78 is 5.72. The number of likely N-dealkylation sites (N-methyl/N-ethyl adjacent to an activating group) is 1. The first-order chi connectivity index (χ1) is 8.63. The molecule has 0 spiro atoms. The first-order valence-electron chi connectivity index (χ1n) is 6.33. The van der Waals surface area contributed by atoms with Gasteiger partial charge in [-0.1, -0.05) is 30.7 Å². The highest BCUT2D eigenvalue weighted by Crippen LogP contribution is 2.25. The van der Waals surface area contributed by atoms with Crippen molar-refractivity contribution in [3.8, 4) is 5.75 Å². The van der Waals surface area contributed by atoms with Crippen LogP contribution in [0.1, 0.15) is 27.2 Å². The van der Waals surface area contributed by atoms with Crippen molar-refractivity contribution in [3.63, 3.8) is 0 Å². The summed E-state index contributed by atoms with van der Waals surface area (Å²) in [5.41, 5.74) is 0. The van der Waals surface area contributed by atoms with E-state index in [2.05, 4.69) is 0 Å². The minimum Gasteiger partial charge on any atom is -0.479 e. The number of nitrogens with zero attached hydrogens (tertiary/aromatic N) is 1. The van der Waals surface area contributed by atoms with Crippen molar-refractivity contribution in [2.24, 2.45) is 0 Å². The highest BCUT2D eigenvalue weighted by Gasteiger charge is 2.23. The standard InChI is InChI=1S/C14H20ClNO2/c1-4-12(14(17)16(5-2)6-3)18-13-10-8-7-9-11(13)15/h7-10,12H,4-6H2,1-3H3/t12-/m0/s1. The third kappa shape index (κ3) is 3.64. The minimum atomic E-state index is -0.468. The molecule has 1 rings (SSSR count). The van der Waals surface area contributed by atoms with E-state index in [1.54, 1.807) is 17.0 Å². The Balaban J connectivity index is 2.79. The quantitative estimate of drug-likeness (QED) is 0.792. The van der Waals surface area contributed by atoms with E-state index in [4.69, 9.17) is 16.3 Å². The summed E-state index contributed by atoms with van der Waals surface area (Å²) in [5, 5.41) is 0.531. The van der Waals surface area contributed by atoms with Crippen LogP contribution in [0.4, 0.5) is 0 Å². The van der Waals surface area contributed by atoms with Crippen LogP contribution in [0.5, 0.6) is 5.75 Å². The molecule has 1 atom stereocenters. The molecule has 0 saturated heterocycles. The van der Waals surface area contributed by atoms with Crippen LogP contribution in [-0.4, -0.2) is 30.0 Å². The van der Waals surface area contributed by atoms with E-state index in [1.807, 2.05) is 32.9 Å². The number of amides is 1. The maximum absolute atomic E-state index is 12.2. The van der Waals surface area contributed by atoms with Gasteiger partial charge in [0.05, 0.1) is 5.02 Å². The Hall–Kier alpha value is -1.22. The Morgan fingerprint density at radius 3 is 2.39 bits per heavy atom. The number of ether oxygens (including phenoxy) is 1. The van der Waals surface area contributed by atoms with Crippen LogP contribution in [0.15, 0.2) is 24.3 Å². The molecule has 0 fully saturated rings. The second-order valence-corrected chi connectivity index (χ2v) is 4.36. The topological polar surface area (TPSA) is 29.5 Å². The summed E-state index contributed by atoms with van der Waals surface area (Å²) in [6.45, 7) is 7.24. The third-order valence-corrected chi connectivity index (χ3v) is 3.14. The smallest absolute Gasteiger partial charge is 0.263 e. The van der Waals surface area contributed by atoms with Crippen molar-refractivity contribution in [1.82, 2.24) is 4.90 Å². The molecule has 0 bridgehead atoms. The van der Waals surface area contributed by atoms with Gasteiger partial charge in [-0.15, -0.1) is 0 Å². The number of para-hydroxylation sites is 1. The summed E-state index contributed by atoms with van der Waals surface area (Å²) >= 11 is 6.03. The van der Waals surface area contributed by atoms with Crippen molar-refractivity contribution < 1.29 is 9.53 Å². The predicted molar refractivity (Wildman–Crippen MR) is 74.1 cm³/mol. The summed E-state index contributed by atoms with van der Waals surface area (Å²) in [7, 11) is 0. The second-order valence-electron chi connectivity index (χ2n) is 3.96. The van der Waals surface area contributed by atoms with E-state index in [0.29, 0.717) is 30.3 Å². The van der Waals surface area contributed by atoms with Gasteiger partial charge in [-0.05, 0) is 32.4 Å². The predicted octanol–water partition coefficient (Wildman–Crippen LogP) is 3.37. The fourth-order valence-corrected chi connectivity index (χ4v) is 1.92. The molecule has 1 aromatic rings. The van der Waals surface area contributed by atoms with Crippen LogP contribution in [0.2, 0.25) is 5.02 Å². The molecule has 0 aliphatic carbocycles. The van der Waals surface area contributed by atoms with Gasteiger partial charge in [0.25, 0.3) is 5.91 Å². The highest BCUT2D eigenvalue weighted by atomic mass is 35.5. The molecule has 0 aromatic heterocycles. The van der Waals surface area contributed by atoms with Crippen LogP contribution in [-0.2, 0) is 4.79 Å². The average molecular weight is 270 g/mol. The molecule has 0 radical (unpaired) electrons. The molecular weight excluding hydrogens is 250 g/mol. The van der Waals surface area contributed by atoms with Gasteiger partial charge in [0, 0.05) is 13.1 Å². The van der Waals surface area contributed by atoms with Gasteiger partial charge in [-0.25, -0.2) is 0 Å². The number of carbonyl (C=O) groups excluding carboxylic acids is 1. The van der Waals surface area contributed by atoms with Gasteiger partial charge in [-0.2, -0.15) is 0 Å². The Kier molecular flexibility index (Phi) is 5.99. The minimum absolute atomic E-state index is 0.0161. The van der Waals surface area contributed by atoms with E-state index in [0.717, 1.165) is 0 Å². The van der Waals surface area contributed by atoms with Crippen LogP contribution in [0.3, 0.4) is 0 Å². The summed E-state index contributed by atoms with van der Waals surface area (Å²) in [4.78, 5) is 14.0. The lowest BCUT2D eigenvalue weighted by molar-refractivity contribution is -0.138. The van der Waals surface area contributed by atoms with E-state index in [9.17, 15) is 4.79 Å². The summed E-state index contributed by atoms with van der Waals surface area (Å²) in [5.74, 6) is 0.578. The molecular formula is C14H20ClNO2. The Labute approximate surface area is 114 Å². The van der Waals surface area contributed by atoms with Crippen molar-refractivity contribution in [2.45, 2.75) is 33.3 Å². The van der Waals surface area contributed by atoms with Crippen molar-refractivity contribution in [3.05, 3.63) is 29.3 Å². The molecule has 0 N–H and O–H groups in total. The number of hydrogen-bond acceptors (Lipinski definition) is 2. The third-order valence-electron chi connectivity index (χ3n) is 2.83. The highest BCUT2D eigenvalue weighted by molar-refractivity contribution is 6.32. The molecule has 0 heterocycles. The van der Waals surface area contributed by atoms with E-state index >= 15 is 0 Å². The van der Waals surface area contributed by atoms with Crippen LogP contribution in [0.25, 0.3) is 0 Å². The van der Waals surface area contributed by atoms with Gasteiger partial charge < -0.3 is 9.64 Å². The monoisotopic (exact) mass is 269 g/mol. The molecule has 3 nitrogen and oxygen atoms in total. The maximum Gasteiger partial charge on any atom is 0.263 e. The van der Waals surface area contributed by atoms with Crippen LogP contribution >= 0.6 is 11.6 Å². The number of benzene rings is 1. The molecule has 100 valence electrons. The molecule has 0 unspecified atom stereocenters. The molecule has 0 aliphatic rings. The average Bonchev–Trinajstić information content (AvgIpc) is 2.39. The molecule has 1 aromatic carbocycles. The second kappa shape index (κ2) is 7.27. The number of rotatable bonds is 6. The van der Waals surface area contributed by atoms with Crippen LogP contribution in [0, 0.1) is 0 Å². The van der Waals surface area contributed by atoms with Gasteiger partial charge in [0.2, 0.25) is 0 Å². The molecule has 0 aliphatic heterocycles. The Bertz CT molecular complexity index is 391. The zero-order valence-electron chi connectivity index (χ0n) is 11.1.